The van der Waals surface area contributed by atoms with E-state index < -0.39 is 17.9 Å². The zero-order chi connectivity index (χ0) is 24.9. The molecule has 188 valence electrons. The average Bonchev–Trinajstić information content (AvgIpc) is 2.81. The zero-order valence-electron chi connectivity index (χ0n) is 20.3. The minimum atomic E-state index is -0.783. The van der Waals surface area contributed by atoms with Gasteiger partial charge in [-0.15, -0.1) is 0 Å². The van der Waals surface area contributed by atoms with Crippen molar-refractivity contribution in [2.45, 2.75) is 77.2 Å². The molecule has 0 spiro atoms. The van der Waals surface area contributed by atoms with E-state index >= 15 is 0 Å². The Morgan fingerprint density at radius 1 is 1.03 bits per heavy atom. The third kappa shape index (κ3) is 9.51. The molecule has 0 radical (unpaired) electrons. The maximum Gasteiger partial charge on any atom is 0.245 e. The highest BCUT2D eigenvalue weighted by molar-refractivity contribution is 5.91. The minimum absolute atomic E-state index is 0.134. The summed E-state index contributed by atoms with van der Waals surface area (Å²) < 4.78 is 0. The van der Waals surface area contributed by atoms with E-state index in [9.17, 15) is 19.2 Å². The molecule has 0 aliphatic carbocycles. The fourth-order valence-corrected chi connectivity index (χ4v) is 4.25. The predicted octanol–water partition coefficient (Wildman–Crippen LogP) is 2.78. The fraction of sp³-hybridized carbons (Fsp3) is 0.600. The number of rotatable bonds is 5. The first kappa shape index (κ1) is 27.3. The van der Waals surface area contributed by atoms with E-state index in [1.54, 1.807) is 29.6 Å². The summed E-state index contributed by atoms with van der Waals surface area (Å²) in [5, 5.41) is 14.5. The number of hydrogen-bond acceptors (Lipinski definition) is 5. The lowest BCUT2D eigenvalue weighted by Gasteiger charge is -2.26. The molecule has 2 unspecified atom stereocenters. The van der Waals surface area contributed by atoms with Crippen molar-refractivity contribution in [2.24, 2.45) is 5.92 Å². The van der Waals surface area contributed by atoms with Crippen molar-refractivity contribution in [1.29, 1.82) is 0 Å². The van der Waals surface area contributed by atoms with Crippen LogP contribution in [0.4, 0.5) is 5.69 Å². The molecule has 4 amide bonds. The quantitative estimate of drug-likeness (QED) is 0.385. The Hall–Kier alpha value is -2.94. The smallest absolute Gasteiger partial charge is 0.245 e. The van der Waals surface area contributed by atoms with Crippen molar-refractivity contribution in [2.75, 3.05) is 18.9 Å². The number of likely N-dealkylation sites (N-methyl/N-ethyl adjacent to an activating group) is 1. The van der Waals surface area contributed by atoms with Crippen LogP contribution in [0.15, 0.2) is 24.3 Å². The number of hydrogen-bond donors (Lipinski definition) is 4. The Morgan fingerprint density at radius 2 is 1.65 bits per heavy atom. The summed E-state index contributed by atoms with van der Waals surface area (Å²) in [6.45, 7) is 2.05. The number of carbonyl (C=O) groups is 4. The number of benzene rings is 1. The van der Waals surface area contributed by atoms with Crippen molar-refractivity contribution in [3.63, 3.8) is 0 Å². The van der Waals surface area contributed by atoms with Gasteiger partial charge in [-0.3, -0.25) is 24.4 Å². The largest absolute Gasteiger partial charge is 0.344 e. The van der Waals surface area contributed by atoms with Crippen LogP contribution >= 0.6 is 0 Å². The van der Waals surface area contributed by atoms with E-state index in [1.807, 2.05) is 12.1 Å². The summed E-state index contributed by atoms with van der Waals surface area (Å²) in [5.41, 5.74) is 3.10. The summed E-state index contributed by atoms with van der Waals surface area (Å²) in [4.78, 5) is 51.1. The number of hydroxylamine groups is 1. The third-order valence-corrected chi connectivity index (χ3v) is 6.18. The van der Waals surface area contributed by atoms with Gasteiger partial charge in [0.2, 0.25) is 23.6 Å². The second-order valence-corrected chi connectivity index (χ2v) is 9.10. The molecule has 1 fully saturated rings. The molecule has 0 bridgehead atoms. The van der Waals surface area contributed by atoms with Gasteiger partial charge in [0.15, 0.2) is 0 Å². The Bertz CT molecular complexity index is 827. The van der Waals surface area contributed by atoms with Gasteiger partial charge < -0.3 is 15.5 Å². The lowest BCUT2D eigenvalue weighted by molar-refractivity contribution is -0.138. The Morgan fingerprint density at radius 3 is 2.26 bits per heavy atom. The Kier molecular flexibility index (Phi) is 11.5. The van der Waals surface area contributed by atoms with Crippen molar-refractivity contribution in [3.05, 3.63) is 29.8 Å². The molecule has 0 saturated carbocycles. The number of anilines is 1. The number of carbonyl (C=O) groups excluding carboxylic acids is 4. The summed E-state index contributed by atoms with van der Waals surface area (Å²) in [7, 11) is 1.75. The van der Waals surface area contributed by atoms with E-state index in [0.29, 0.717) is 18.7 Å². The molecule has 34 heavy (non-hydrogen) atoms. The van der Waals surface area contributed by atoms with Gasteiger partial charge in [-0.05, 0) is 30.5 Å². The van der Waals surface area contributed by atoms with E-state index in [1.165, 1.54) is 6.92 Å². The molecule has 9 nitrogen and oxygen atoms in total. The molecule has 1 saturated heterocycles. The van der Waals surface area contributed by atoms with Crippen LogP contribution < -0.4 is 16.1 Å². The zero-order valence-corrected chi connectivity index (χ0v) is 20.3. The van der Waals surface area contributed by atoms with E-state index in [-0.39, 0.29) is 30.6 Å². The highest BCUT2D eigenvalue weighted by Crippen LogP contribution is 2.18. The van der Waals surface area contributed by atoms with Gasteiger partial charge in [0.1, 0.15) is 6.04 Å². The highest BCUT2D eigenvalue weighted by atomic mass is 16.5. The van der Waals surface area contributed by atoms with Crippen LogP contribution in [0.5, 0.6) is 0 Å². The second kappa shape index (κ2) is 14.3. The number of nitrogens with one attached hydrogen (secondary N) is 3. The van der Waals surface area contributed by atoms with Gasteiger partial charge in [-0.2, -0.15) is 0 Å². The summed E-state index contributed by atoms with van der Waals surface area (Å²) in [5.74, 6) is -1.96. The summed E-state index contributed by atoms with van der Waals surface area (Å²) in [6, 6.07) is 6.36. The van der Waals surface area contributed by atoms with Crippen molar-refractivity contribution < 1.29 is 24.4 Å². The van der Waals surface area contributed by atoms with Crippen LogP contribution in [0.2, 0.25) is 0 Å². The van der Waals surface area contributed by atoms with Gasteiger partial charge in [0.25, 0.3) is 0 Å². The Balaban J connectivity index is 2.22. The molecule has 1 aromatic carbocycles. The lowest BCUT2D eigenvalue weighted by atomic mass is 9.95. The molecule has 2 rings (SSSR count). The molecular formula is C25H38N4O5. The molecular weight excluding hydrogens is 436 g/mol. The van der Waals surface area contributed by atoms with Gasteiger partial charge in [-0.25, -0.2) is 5.48 Å². The van der Waals surface area contributed by atoms with Gasteiger partial charge in [0.05, 0.1) is 0 Å². The van der Waals surface area contributed by atoms with Crippen LogP contribution in [-0.2, 0) is 25.6 Å². The molecule has 1 aromatic rings. The number of nitrogens with zero attached hydrogens (tertiary/aromatic N) is 1. The van der Waals surface area contributed by atoms with E-state index in [0.717, 1.165) is 50.5 Å². The molecule has 1 aliphatic heterocycles. The van der Waals surface area contributed by atoms with Crippen LogP contribution in [0.1, 0.15) is 70.3 Å². The van der Waals surface area contributed by atoms with Crippen molar-refractivity contribution >= 4 is 29.3 Å². The SMILES string of the molecule is CC(=O)Nc1ccc(CC2NC(=O)C(CC(=O)NO)CCCCCCCCCN(C)C2=O)cc1. The molecule has 2 atom stereocenters. The summed E-state index contributed by atoms with van der Waals surface area (Å²) >= 11 is 0. The monoisotopic (exact) mass is 474 g/mol. The van der Waals surface area contributed by atoms with Gasteiger partial charge in [-0.1, -0.05) is 50.7 Å². The molecule has 0 aromatic heterocycles. The van der Waals surface area contributed by atoms with E-state index in [2.05, 4.69) is 10.6 Å². The summed E-state index contributed by atoms with van der Waals surface area (Å²) in [6.07, 6.45) is 7.72. The van der Waals surface area contributed by atoms with Crippen LogP contribution in [0.25, 0.3) is 0 Å². The van der Waals surface area contributed by atoms with Crippen LogP contribution in [-0.4, -0.2) is 53.4 Å². The van der Waals surface area contributed by atoms with E-state index in [4.69, 9.17) is 5.21 Å². The first-order chi connectivity index (χ1) is 16.3. The molecule has 9 heteroatoms. The fourth-order valence-electron chi connectivity index (χ4n) is 4.25. The predicted molar refractivity (Wildman–Crippen MR) is 129 cm³/mol. The molecule has 4 N–H and O–H groups in total. The second-order valence-electron chi connectivity index (χ2n) is 9.10. The maximum atomic E-state index is 13.3. The lowest BCUT2D eigenvalue weighted by Crippen LogP contribution is -2.50. The molecule has 1 heterocycles. The number of amides is 4. The van der Waals surface area contributed by atoms with Gasteiger partial charge in [0, 0.05) is 45.0 Å². The first-order valence-corrected chi connectivity index (χ1v) is 12.1. The van der Waals surface area contributed by atoms with Crippen molar-refractivity contribution in [1.82, 2.24) is 15.7 Å². The third-order valence-electron chi connectivity index (χ3n) is 6.18. The van der Waals surface area contributed by atoms with Gasteiger partial charge >= 0.3 is 0 Å². The Labute approximate surface area is 201 Å². The normalized spacial score (nSPS) is 21.1. The minimum Gasteiger partial charge on any atom is -0.344 e. The van der Waals surface area contributed by atoms with Crippen LogP contribution in [0, 0.1) is 5.92 Å². The average molecular weight is 475 g/mol. The maximum absolute atomic E-state index is 13.3. The standard InChI is InChI=1S/C25H38N4O5/c1-18(30)26-21-13-11-19(12-14-21)16-22-25(33)29(2)15-9-7-5-3-4-6-8-10-20(24(32)27-22)17-23(31)28-34/h11-14,20,22,34H,3-10,15-17H2,1-2H3,(H,26,30)(H,27,32)(H,28,31). The van der Waals surface area contributed by atoms with Crippen molar-refractivity contribution in [3.8, 4) is 0 Å². The molecule has 1 aliphatic rings. The highest BCUT2D eigenvalue weighted by Gasteiger charge is 2.29. The van der Waals surface area contributed by atoms with Crippen LogP contribution in [0.3, 0.4) is 0 Å². The topological polar surface area (TPSA) is 128 Å². The first-order valence-electron chi connectivity index (χ1n) is 12.1.